The molecule has 1 aromatic rings. The zero-order chi connectivity index (χ0) is 12.1. The Morgan fingerprint density at radius 1 is 1.47 bits per heavy atom. The molecule has 1 saturated heterocycles. The van der Waals surface area contributed by atoms with Gasteiger partial charge in [0.1, 0.15) is 0 Å². The smallest absolute Gasteiger partial charge is 0.276 e. The van der Waals surface area contributed by atoms with Gasteiger partial charge in [-0.1, -0.05) is 0 Å². The van der Waals surface area contributed by atoms with Crippen LogP contribution in [0.1, 0.15) is 10.5 Å². The number of rotatable bonds is 4. The van der Waals surface area contributed by atoms with Crippen LogP contribution in [0.15, 0.2) is 6.20 Å². The van der Waals surface area contributed by atoms with E-state index in [1.165, 1.54) is 6.20 Å². The van der Waals surface area contributed by atoms with Crippen LogP contribution in [0.5, 0.6) is 0 Å². The van der Waals surface area contributed by atoms with E-state index >= 15 is 0 Å². The van der Waals surface area contributed by atoms with Crippen molar-refractivity contribution in [3.05, 3.63) is 11.9 Å². The normalized spacial score (nSPS) is 17.4. The van der Waals surface area contributed by atoms with Crippen molar-refractivity contribution < 1.29 is 4.79 Å². The number of piperazine rings is 1. The molecule has 0 bridgehead atoms. The Morgan fingerprint density at radius 3 is 2.82 bits per heavy atom. The van der Waals surface area contributed by atoms with Gasteiger partial charge in [-0.15, -0.1) is 0 Å². The summed E-state index contributed by atoms with van der Waals surface area (Å²) in [6.07, 6.45) is 3.59. The number of hydrogen-bond donors (Lipinski definition) is 1. The number of H-pyrrole nitrogens is 1. The van der Waals surface area contributed by atoms with E-state index in [-0.39, 0.29) is 5.91 Å². The van der Waals surface area contributed by atoms with Crippen LogP contribution in [0.4, 0.5) is 0 Å². The zero-order valence-corrected chi connectivity index (χ0v) is 10.7. The molecule has 0 spiro atoms. The molecule has 17 heavy (non-hydrogen) atoms. The SMILES string of the molecule is CSCCN1CCN(C(=O)c2cn[nH]n2)CC1. The topological polar surface area (TPSA) is 65.1 Å². The van der Waals surface area contributed by atoms with Crippen molar-refractivity contribution in [1.82, 2.24) is 25.2 Å². The molecule has 94 valence electrons. The Bertz CT molecular complexity index is 348. The predicted molar refractivity (Wildman–Crippen MR) is 67.1 cm³/mol. The maximum atomic E-state index is 12.0. The number of hydrogen-bond acceptors (Lipinski definition) is 5. The van der Waals surface area contributed by atoms with Gasteiger partial charge in [0.2, 0.25) is 0 Å². The third kappa shape index (κ3) is 3.19. The number of aromatic amines is 1. The molecule has 2 heterocycles. The van der Waals surface area contributed by atoms with Crippen LogP contribution < -0.4 is 0 Å². The molecule has 2 rings (SSSR count). The van der Waals surface area contributed by atoms with Crippen LogP contribution in [-0.4, -0.2) is 75.9 Å². The average Bonchev–Trinajstić information content (AvgIpc) is 2.90. The summed E-state index contributed by atoms with van der Waals surface area (Å²) in [4.78, 5) is 16.2. The number of aromatic nitrogens is 3. The van der Waals surface area contributed by atoms with Gasteiger partial charge in [0.05, 0.1) is 6.20 Å². The number of carbonyl (C=O) groups is 1. The van der Waals surface area contributed by atoms with Crippen LogP contribution >= 0.6 is 11.8 Å². The summed E-state index contributed by atoms with van der Waals surface area (Å²) in [5, 5.41) is 9.94. The molecule has 0 atom stereocenters. The summed E-state index contributed by atoms with van der Waals surface area (Å²) in [6.45, 7) is 4.56. The molecule has 1 aliphatic rings. The van der Waals surface area contributed by atoms with E-state index in [9.17, 15) is 4.79 Å². The van der Waals surface area contributed by atoms with E-state index in [1.54, 1.807) is 0 Å². The fraction of sp³-hybridized carbons (Fsp3) is 0.700. The minimum absolute atomic E-state index is 0.0248. The lowest BCUT2D eigenvalue weighted by molar-refractivity contribution is 0.0639. The molecule has 1 aliphatic heterocycles. The van der Waals surface area contributed by atoms with E-state index in [4.69, 9.17) is 0 Å². The second-order valence-corrected chi connectivity index (χ2v) is 4.97. The highest BCUT2D eigenvalue weighted by Crippen LogP contribution is 2.06. The van der Waals surface area contributed by atoms with Crippen molar-refractivity contribution in [3.8, 4) is 0 Å². The maximum Gasteiger partial charge on any atom is 0.276 e. The quantitative estimate of drug-likeness (QED) is 0.815. The lowest BCUT2D eigenvalue weighted by Gasteiger charge is -2.34. The van der Waals surface area contributed by atoms with Crippen molar-refractivity contribution in [2.45, 2.75) is 0 Å². The minimum atomic E-state index is -0.0248. The number of amides is 1. The molecule has 1 aromatic heterocycles. The van der Waals surface area contributed by atoms with E-state index in [2.05, 4.69) is 26.6 Å². The van der Waals surface area contributed by atoms with Crippen LogP contribution in [0.2, 0.25) is 0 Å². The Balaban J connectivity index is 1.81. The first kappa shape index (κ1) is 12.4. The molecule has 0 aromatic carbocycles. The molecule has 0 aliphatic carbocycles. The number of carbonyl (C=O) groups excluding carboxylic acids is 1. The van der Waals surface area contributed by atoms with E-state index < -0.39 is 0 Å². The number of nitrogens with one attached hydrogen (secondary N) is 1. The lowest BCUT2D eigenvalue weighted by atomic mass is 10.3. The molecule has 1 fully saturated rings. The minimum Gasteiger partial charge on any atom is -0.335 e. The van der Waals surface area contributed by atoms with Gasteiger partial charge in [0.15, 0.2) is 5.69 Å². The first-order valence-electron chi connectivity index (χ1n) is 5.67. The Morgan fingerprint density at radius 2 is 2.24 bits per heavy atom. The summed E-state index contributed by atoms with van der Waals surface area (Å²) < 4.78 is 0. The van der Waals surface area contributed by atoms with Gasteiger partial charge in [-0.2, -0.15) is 27.2 Å². The maximum absolute atomic E-state index is 12.0. The second kappa shape index (κ2) is 6.02. The van der Waals surface area contributed by atoms with Crippen molar-refractivity contribution >= 4 is 17.7 Å². The fourth-order valence-electron chi connectivity index (χ4n) is 1.86. The Labute approximate surface area is 105 Å². The van der Waals surface area contributed by atoms with Gasteiger partial charge in [0.25, 0.3) is 5.91 Å². The predicted octanol–water partition coefficient (Wildman–Crippen LogP) is -0.0745. The van der Waals surface area contributed by atoms with Gasteiger partial charge in [-0.3, -0.25) is 9.69 Å². The molecular formula is C10H17N5OS. The molecule has 7 heteroatoms. The average molecular weight is 255 g/mol. The standard InChI is InChI=1S/C10H17N5OS/c1-17-7-6-14-2-4-15(5-3-14)10(16)9-8-11-13-12-9/h8H,2-7H2,1H3,(H,11,12,13). The zero-order valence-electron chi connectivity index (χ0n) is 9.93. The van der Waals surface area contributed by atoms with Gasteiger partial charge in [-0.05, 0) is 6.26 Å². The van der Waals surface area contributed by atoms with Crippen molar-refractivity contribution in [3.63, 3.8) is 0 Å². The highest BCUT2D eigenvalue weighted by molar-refractivity contribution is 7.98. The second-order valence-electron chi connectivity index (χ2n) is 3.98. The Kier molecular flexibility index (Phi) is 4.38. The van der Waals surface area contributed by atoms with Gasteiger partial charge >= 0.3 is 0 Å². The third-order valence-corrected chi connectivity index (χ3v) is 3.50. The van der Waals surface area contributed by atoms with Crippen molar-refractivity contribution in [1.29, 1.82) is 0 Å². The fourth-order valence-corrected chi connectivity index (χ4v) is 2.30. The molecule has 1 amide bonds. The molecule has 0 saturated carbocycles. The summed E-state index contributed by atoms with van der Waals surface area (Å²) in [5.74, 6) is 1.13. The van der Waals surface area contributed by atoms with Gasteiger partial charge in [0, 0.05) is 38.5 Å². The molecule has 0 radical (unpaired) electrons. The summed E-state index contributed by atoms with van der Waals surface area (Å²) in [6, 6.07) is 0. The van der Waals surface area contributed by atoms with E-state index in [0.29, 0.717) is 5.69 Å². The van der Waals surface area contributed by atoms with E-state index in [1.807, 2.05) is 16.7 Å². The highest BCUT2D eigenvalue weighted by Gasteiger charge is 2.23. The largest absolute Gasteiger partial charge is 0.335 e. The van der Waals surface area contributed by atoms with Crippen molar-refractivity contribution in [2.75, 3.05) is 44.7 Å². The molecule has 1 N–H and O–H groups in total. The van der Waals surface area contributed by atoms with Crippen LogP contribution in [0.3, 0.4) is 0 Å². The van der Waals surface area contributed by atoms with E-state index in [0.717, 1.165) is 38.5 Å². The molecular weight excluding hydrogens is 238 g/mol. The van der Waals surface area contributed by atoms with Crippen molar-refractivity contribution in [2.24, 2.45) is 0 Å². The monoisotopic (exact) mass is 255 g/mol. The summed E-state index contributed by atoms with van der Waals surface area (Å²) in [5.41, 5.74) is 0.405. The first-order valence-corrected chi connectivity index (χ1v) is 7.07. The molecule has 0 unspecified atom stereocenters. The van der Waals surface area contributed by atoms with Crippen LogP contribution in [-0.2, 0) is 0 Å². The summed E-state index contributed by atoms with van der Waals surface area (Å²) >= 11 is 1.86. The van der Waals surface area contributed by atoms with Crippen LogP contribution in [0.25, 0.3) is 0 Å². The number of nitrogens with zero attached hydrogens (tertiary/aromatic N) is 4. The lowest BCUT2D eigenvalue weighted by Crippen LogP contribution is -2.49. The van der Waals surface area contributed by atoms with Gasteiger partial charge < -0.3 is 4.90 Å². The summed E-state index contributed by atoms with van der Waals surface area (Å²) in [7, 11) is 0. The van der Waals surface area contributed by atoms with Crippen LogP contribution in [0, 0.1) is 0 Å². The first-order chi connectivity index (χ1) is 8.31. The molecule has 6 nitrogen and oxygen atoms in total. The number of thioether (sulfide) groups is 1. The Hall–Kier alpha value is -1.08. The third-order valence-electron chi connectivity index (χ3n) is 2.91. The highest BCUT2D eigenvalue weighted by atomic mass is 32.2. The van der Waals surface area contributed by atoms with Gasteiger partial charge in [-0.25, -0.2) is 0 Å².